The zero-order valence-corrected chi connectivity index (χ0v) is 32.5. The van der Waals surface area contributed by atoms with Crippen LogP contribution in [-0.4, -0.2) is 128 Å². The van der Waals surface area contributed by atoms with Crippen molar-refractivity contribution >= 4 is 35.1 Å². The van der Waals surface area contributed by atoms with Gasteiger partial charge < -0.3 is 55.3 Å². The van der Waals surface area contributed by atoms with E-state index < -0.39 is 125 Å². The Kier molecular flexibility index (Phi) is 11.3. The summed E-state index contributed by atoms with van der Waals surface area (Å²) in [6.45, 7) is 2.19. The minimum absolute atomic E-state index is 0.0458. The molecule has 7 rings (SSSR count). The minimum atomic E-state index is -2.38. The number of hydrogen-bond acceptors (Lipinski definition) is 14. The van der Waals surface area contributed by atoms with E-state index in [4.69, 9.17) is 14.2 Å². The second-order valence-corrected chi connectivity index (χ2v) is 15.4. The van der Waals surface area contributed by atoms with E-state index in [0.717, 1.165) is 0 Å². The highest BCUT2D eigenvalue weighted by Crippen LogP contribution is 2.52. The Bertz CT molecular complexity index is 2230. The molecule has 0 bridgehead atoms. The first-order valence-electron chi connectivity index (χ1n) is 19.3. The maximum absolute atomic E-state index is 14.0. The molecular weight excluding hydrogens is 770 g/mol. The van der Waals surface area contributed by atoms with Crippen LogP contribution >= 0.6 is 0 Å². The van der Waals surface area contributed by atoms with E-state index in [1.807, 2.05) is 0 Å². The maximum atomic E-state index is 14.0. The summed E-state index contributed by atoms with van der Waals surface area (Å²) in [6.07, 6.45) is -5.75. The molecule has 3 aromatic rings. The van der Waals surface area contributed by atoms with E-state index >= 15 is 0 Å². The topological polar surface area (TPSA) is 259 Å². The lowest BCUT2D eigenvalue weighted by Crippen LogP contribution is -2.59. The number of carbonyl (C=O) groups excluding carboxylic acids is 6. The lowest BCUT2D eigenvalue weighted by Gasteiger charge is -2.43. The molecule has 17 nitrogen and oxygen atoms in total. The number of Topliss-reactive ketones (excluding diaryl/α,β-unsaturated/α-hetero) is 1. The number of nitrogens with zero attached hydrogens (tertiary/aromatic N) is 1. The molecule has 0 spiro atoms. The summed E-state index contributed by atoms with van der Waals surface area (Å²) in [5.74, 6) is -5.69. The van der Waals surface area contributed by atoms with Gasteiger partial charge in [0, 0.05) is 48.1 Å². The average Bonchev–Trinajstić information content (AvgIpc) is 3.72. The Balaban J connectivity index is 1.14. The molecule has 7 N–H and O–H groups in total. The normalized spacial score (nSPS) is 26.6. The number of benzene rings is 3. The molecule has 8 atom stereocenters. The summed E-state index contributed by atoms with van der Waals surface area (Å²) in [5, 5.41) is 61.5. The summed E-state index contributed by atoms with van der Waals surface area (Å²) in [4.78, 5) is 82.2. The molecule has 3 amide bonds. The van der Waals surface area contributed by atoms with Crippen molar-refractivity contribution in [3.8, 4) is 17.2 Å². The van der Waals surface area contributed by atoms with Gasteiger partial charge in [0.2, 0.25) is 17.6 Å². The summed E-state index contributed by atoms with van der Waals surface area (Å²) in [6, 6.07) is 9.73. The van der Waals surface area contributed by atoms with Crippen LogP contribution in [0.4, 0.5) is 0 Å². The lowest BCUT2D eigenvalue weighted by molar-refractivity contribution is -0.249. The zero-order chi connectivity index (χ0) is 42.5. The van der Waals surface area contributed by atoms with Crippen LogP contribution in [0.1, 0.15) is 99.0 Å². The van der Waals surface area contributed by atoms with Crippen molar-refractivity contribution in [2.24, 2.45) is 0 Å². The van der Waals surface area contributed by atoms with Gasteiger partial charge in [0.15, 0.2) is 17.9 Å². The Hall–Kier alpha value is -5.72. The van der Waals surface area contributed by atoms with Gasteiger partial charge in [-0.2, -0.15) is 0 Å². The largest absolute Gasteiger partial charge is 0.507 e. The molecule has 312 valence electrons. The summed E-state index contributed by atoms with van der Waals surface area (Å²) >= 11 is 0. The Labute approximate surface area is 337 Å². The number of fused-ring (bicyclic) bond motifs is 3. The molecule has 3 aromatic carbocycles. The number of aliphatic hydroxyl groups is 3. The fourth-order valence-corrected chi connectivity index (χ4v) is 8.62. The summed E-state index contributed by atoms with van der Waals surface area (Å²) in [5.41, 5.74) is -3.84. The van der Waals surface area contributed by atoms with E-state index in [1.165, 1.54) is 44.1 Å². The molecule has 0 radical (unpaired) electrons. The lowest BCUT2D eigenvalue weighted by atomic mass is 9.72. The smallest absolute Gasteiger partial charge is 0.251 e. The Morgan fingerprint density at radius 1 is 1.00 bits per heavy atom. The molecule has 4 aliphatic rings. The molecule has 2 aliphatic heterocycles. The van der Waals surface area contributed by atoms with Crippen molar-refractivity contribution in [3.05, 3.63) is 87.5 Å². The number of hydrogen-bond donors (Lipinski definition) is 7. The van der Waals surface area contributed by atoms with Gasteiger partial charge in [0.1, 0.15) is 47.6 Å². The van der Waals surface area contributed by atoms with E-state index in [1.54, 1.807) is 30.3 Å². The molecule has 4 unspecified atom stereocenters. The number of phenols is 2. The number of nitrogens with one attached hydrogen (secondary N) is 2. The van der Waals surface area contributed by atoms with Gasteiger partial charge in [0.05, 0.1) is 42.0 Å². The molecule has 0 aromatic heterocycles. The number of rotatable bonds is 10. The summed E-state index contributed by atoms with van der Waals surface area (Å²) < 4.78 is 17.6. The standard InChI is InChI=1S/C42H45N3O14/c1-19(43-39(53)21-9-5-4-6-10-21)41(55)45-14-8-12-25(45)40(54)44-24-15-29(58-20(2)34(24)48)59-27-17-42(56,28(47)18-46)16-23-31(27)38(52)33-32(36(23)50)35(49)22-11-7-13-26(57-3)30(22)37(33)51/h4-7,9-11,13,19-20,24-25,27,29,34,46,48,50,52,56H,8,12,14-18H2,1-3H3,(H,43,53)(H,44,54)/t19-,20?,24?,25+,27+,29?,34?,42+/m1/s1. The highest BCUT2D eigenvalue weighted by atomic mass is 16.7. The number of amides is 3. The first-order valence-corrected chi connectivity index (χ1v) is 19.3. The Morgan fingerprint density at radius 3 is 2.41 bits per heavy atom. The van der Waals surface area contributed by atoms with Crippen molar-refractivity contribution in [3.63, 3.8) is 0 Å². The van der Waals surface area contributed by atoms with E-state index in [9.17, 15) is 54.3 Å². The third kappa shape index (κ3) is 7.33. The van der Waals surface area contributed by atoms with Gasteiger partial charge in [-0.1, -0.05) is 30.3 Å². The van der Waals surface area contributed by atoms with Crippen LogP contribution in [0.5, 0.6) is 17.2 Å². The molecule has 17 heteroatoms. The molecule has 2 aliphatic carbocycles. The summed E-state index contributed by atoms with van der Waals surface area (Å²) in [7, 11) is 1.30. The second kappa shape index (κ2) is 16.1. The van der Waals surface area contributed by atoms with Gasteiger partial charge in [-0.3, -0.25) is 28.8 Å². The molecule has 2 heterocycles. The van der Waals surface area contributed by atoms with Crippen molar-refractivity contribution in [1.82, 2.24) is 15.5 Å². The van der Waals surface area contributed by atoms with Crippen molar-refractivity contribution < 1.29 is 68.5 Å². The van der Waals surface area contributed by atoms with Crippen LogP contribution in [0, 0.1) is 0 Å². The third-order valence-corrected chi connectivity index (χ3v) is 11.7. The number of likely N-dealkylation sites (tertiary alicyclic amines) is 1. The SMILES string of the molecule is COc1cccc2c1C(=O)c1c(O)c3c(c(O)c1C2=O)C[C@@](O)(C(=O)CO)C[C@@H]3OC1CC(NC(=O)[C@@H]2CCCN2C(=O)[C@@H](C)NC(=O)c2ccccc2)C(O)C(C)O1. The van der Waals surface area contributed by atoms with Crippen LogP contribution in [-0.2, 0) is 30.3 Å². The van der Waals surface area contributed by atoms with Crippen LogP contribution < -0.4 is 15.4 Å². The molecule has 2 saturated heterocycles. The predicted octanol–water partition coefficient (Wildman–Crippen LogP) is 0.968. The quantitative estimate of drug-likeness (QED) is 0.110. The van der Waals surface area contributed by atoms with Gasteiger partial charge in [-0.15, -0.1) is 0 Å². The van der Waals surface area contributed by atoms with Crippen molar-refractivity contribution in [2.45, 2.75) is 94.3 Å². The number of aromatic hydroxyl groups is 2. The number of ketones is 3. The van der Waals surface area contributed by atoms with E-state index in [0.29, 0.717) is 18.4 Å². The van der Waals surface area contributed by atoms with Gasteiger partial charge in [-0.25, -0.2) is 0 Å². The number of ether oxygens (including phenoxy) is 3. The monoisotopic (exact) mass is 815 g/mol. The fourth-order valence-electron chi connectivity index (χ4n) is 8.62. The van der Waals surface area contributed by atoms with Gasteiger partial charge in [-0.05, 0) is 44.9 Å². The van der Waals surface area contributed by atoms with Crippen LogP contribution in [0.15, 0.2) is 48.5 Å². The number of methoxy groups -OCH3 is 1. The minimum Gasteiger partial charge on any atom is -0.507 e. The fraction of sp³-hybridized carbons (Fsp3) is 0.429. The van der Waals surface area contributed by atoms with Crippen molar-refractivity contribution in [1.29, 1.82) is 0 Å². The molecule has 2 fully saturated rings. The Morgan fingerprint density at radius 2 is 1.71 bits per heavy atom. The van der Waals surface area contributed by atoms with E-state index in [2.05, 4.69) is 10.6 Å². The van der Waals surface area contributed by atoms with Crippen molar-refractivity contribution in [2.75, 3.05) is 20.3 Å². The third-order valence-electron chi connectivity index (χ3n) is 11.7. The highest BCUT2D eigenvalue weighted by Gasteiger charge is 2.51. The highest BCUT2D eigenvalue weighted by molar-refractivity contribution is 6.31. The second-order valence-electron chi connectivity index (χ2n) is 15.4. The first-order chi connectivity index (χ1) is 28.1. The van der Waals surface area contributed by atoms with Gasteiger partial charge >= 0.3 is 0 Å². The first kappa shape index (κ1) is 41.4. The van der Waals surface area contributed by atoms with Crippen LogP contribution in [0.25, 0.3) is 0 Å². The van der Waals surface area contributed by atoms with Crippen LogP contribution in [0.3, 0.4) is 0 Å². The molecule has 59 heavy (non-hydrogen) atoms. The molecule has 0 saturated carbocycles. The van der Waals surface area contributed by atoms with Gasteiger partial charge in [0.25, 0.3) is 5.91 Å². The van der Waals surface area contributed by atoms with Crippen LogP contribution in [0.2, 0.25) is 0 Å². The maximum Gasteiger partial charge on any atom is 0.251 e. The predicted molar refractivity (Wildman–Crippen MR) is 204 cm³/mol. The number of aliphatic hydroxyl groups excluding tert-OH is 2. The number of phenolic OH excluding ortho intramolecular Hbond substituents is 2. The zero-order valence-electron chi connectivity index (χ0n) is 32.5. The number of carbonyl (C=O) groups is 6. The molecular formula is C42H45N3O14. The average molecular weight is 816 g/mol. The van der Waals surface area contributed by atoms with E-state index in [-0.39, 0.29) is 41.0 Å².